The Morgan fingerprint density at radius 2 is 2.00 bits per heavy atom. The Kier molecular flexibility index (Phi) is 4.50. The van der Waals surface area contributed by atoms with Crippen molar-refractivity contribution in [1.29, 1.82) is 0 Å². The molecular formula is C10H20O2. The van der Waals surface area contributed by atoms with Crippen molar-refractivity contribution >= 4 is 0 Å². The summed E-state index contributed by atoms with van der Waals surface area (Å²) in [4.78, 5) is 0. The predicted octanol–water partition coefficient (Wildman–Crippen LogP) is 1.86. The Balaban J connectivity index is 3.80. The van der Waals surface area contributed by atoms with E-state index in [1.807, 2.05) is 19.9 Å². The van der Waals surface area contributed by atoms with Gasteiger partial charge in [-0.1, -0.05) is 11.6 Å². The van der Waals surface area contributed by atoms with Gasteiger partial charge in [0.05, 0.1) is 11.7 Å². The second-order valence-corrected chi connectivity index (χ2v) is 3.84. The first-order valence-electron chi connectivity index (χ1n) is 4.40. The lowest BCUT2D eigenvalue weighted by atomic mass is 9.96. The van der Waals surface area contributed by atoms with Gasteiger partial charge >= 0.3 is 0 Å². The Morgan fingerprint density at radius 3 is 2.33 bits per heavy atom. The van der Waals surface area contributed by atoms with E-state index >= 15 is 0 Å². The van der Waals surface area contributed by atoms with Gasteiger partial charge in [-0.15, -0.1) is 0 Å². The molecule has 0 saturated carbocycles. The molecule has 0 spiro atoms. The Morgan fingerprint density at radius 1 is 1.50 bits per heavy atom. The minimum absolute atomic E-state index is 0.625. The lowest BCUT2D eigenvalue weighted by molar-refractivity contribution is -0.0509. The average Bonchev–Trinajstić information content (AvgIpc) is 1.97. The Bertz CT molecular complexity index is 154. The van der Waals surface area contributed by atoms with Crippen molar-refractivity contribution in [3.05, 3.63) is 11.6 Å². The van der Waals surface area contributed by atoms with Gasteiger partial charge in [-0.2, -0.15) is 0 Å². The third kappa shape index (κ3) is 4.52. The summed E-state index contributed by atoms with van der Waals surface area (Å²) in [6.07, 6.45) is 2.87. The largest absolute Gasteiger partial charge is 0.390 e. The summed E-state index contributed by atoms with van der Waals surface area (Å²) >= 11 is 0. The molecule has 0 amide bonds. The molecule has 0 bridgehead atoms. The van der Waals surface area contributed by atoms with Gasteiger partial charge < -0.3 is 10.2 Å². The van der Waals surface area contributed by atoms with Crippen molar-refractivity contribution in [2.24, 2.45) is 0 Å². The molecule has 0 aromatic heterocycles. The Hall–Kier alpha value is -0.340. The second kappa shape index (κ2) is 4.63. The first kappa shape index (κ1) is 11.7. The van der Waals surface area contributed by atoms with Gasteiger partial charge in [0, 0.05) is 0 Å². The molecule has 0 aliphatic heterocycles. The molecule has 72 valence electrons. The van der Waals surface area contributed by atoms with Crippen LogP contribution in [0.1, 0.15) is 40.5 Å². The molecule has 0 unspecified atom stereocenters. The molecule has 0 aromatic rings. The minimum atomic E-state index is -0.978. The fraction of sp³-hybridized carbons (Fsp3) is 0.800. The average molecular weight is 172 g/mol. The molecule has 2 N–H and O–H groups in total. The summed E-state index contributed by atoms with van der Waals surface area (Å²) in [5.41, 5.74) is 0.270. The third-order valence-corrected chi connectivity index (χ3v) is 2.12. The lowest BCUT2D eigenvalue weighted by Gasteiger charge is -2.24. The number of aliphatic hydroxyl groups excluding tert-OH is 1. The van der Waals surface area contributed by atoms with Crippen molar-refractivity contribution in [2.45, 2.75) is 52.2 Å². The van der Waals surface area contributed by atoms with Crippen LogP contribution in [0, 0.1) is 0 Å². The maximum atomic E-state index is 9.45. The third-order valence-electron chi connectivity index (χ3n) is 2.12. The molecule has 0 heterocycles. The summed E-state index contributed by atoms with van der Waals surface area (Å²) < 4.78 is 0. The zero-order valence-corrected chi connectivity index (χ0v) is 8.46. The van der Waals surface area contributed by atoms with Crippen molar-refractivity contribution in [2.75, 3.05) is 0 Å². The molecule has 0 aliphatic carbocycles. The molecule has 0 saturated heterocycles. The summed E-state index contributed by atoms with van der Waals surface area (Å²) in [6, 6.07) is 0. The molecule has 0 aromatic carbocycles. The van der Waals surface area contributed by atoms with E-state index in [4.69, 9.17) is 0 Å². The zero-order valence-electron chi connectivity index (χ0n) is 8.46. The van der Waals surface area contributed by atoms with Gasteiger partial charge in [0.25, 0.3) is 0 Å². The smallest absolute Gasteiger partial charge is 0.0849 e. The highest BCUT2D eigenvalue weighted by atomic mass is 16.3. The molecule has 12 heavy (non-hydrogen) atoms. The first-order valence-corrected chi connectivity index (χ1v) is 4.40. The molecule has 0 aliphatic rings. The summed E-state index contributed by atoms with van der Waals surface area (Å²) in [6.45, 7) is 7.26. The minimum Gasteiger partial charge on any atom is -0.390 e. The molecule has 0 fully saturated rings. The van der Waals surface area contributed by atoms with Gasteiger partial charge in [0.1, 0.15) is 0 Å². The highest BCUT2D eigenvalue weighted by Gasteiger charge is 2.23. The first-order chi connectivity index (χ1) is 5.38. The predicted molar refractivity (Wildman–Crippen MR) is 51.0 cm³/mol. The van der Waals surface area contributed by atoms with Crippen LogP contribution in [0.2, 0.25) is 0 Å². The van der Waals surface area contributed by atoms with E-state index in [9.17, 15) is 10.2 Å². The normalized spacial score (nSPS) is 16.3. The van der Waals surface area contributed by atoms with Gasteiger partial charge in [0.15, 0.2) is 0 Å². The molecule has 2 nitrogen and oxygen atoms in total. The van der Waals surface area contributed by atoms with Gasteiger partial charge in [-0.05, 0) is 40.5 Å². The number of allylic oxidation sites excluding steroid dienone is 2. The van der Waals surface area contributed by atoms with Crippen LogP contribution >= 0.6 is 0 Å². The SMILES string of the molecule is CC=C(C)CC[C@@H](O)C(C)(C)O. The van der Waals surface area contributed by atoms with Crippen LogP contribution in [-0.2, 0) is 0 Å². The highest BCUT2D eigenvalue weighted by molar-refractivity contribution is 4.96. The Labute approximate surface area is 74.9 Å². The number of hydrogen-bond acceptors (Lipinski definition) is 2. The molecule has 2 heteroatoms. The monoisotopic (exact) mass is 172 g/mol. The van der Waals surface area contributed by atoms with Crippen LogP contribution in [0.5, 0.6) is 0 Å². The van der Waals surface area contributed by atoms with Gasteiger partial charge in [-0.3, -0.25) is 0 Å². The van der Waals surface area contributed by atoms with Crippen LogP contribution in [0.15, 0.2) is 11.6 Å². The fourth-order valence-electron chi connectivity index (χ4n) is 0.862. The van der Waals surface area contributed by atoms with E-state index in [0.717, 1.165) is 6.42 Å². The van der Waals surface area contributed by atoms with E-state index in [-0.39, 0.29) is 0 Å². The van der Waals surface area contributed by atoms with E-state index in [1.54, 1.807) is 13.8 Å². The van der Waals surface area contributed by atoms with E-state index in [2.05, 4.69) is 0 Å². The van der Waals surface area contributed by atoms with E-state index < -0.39 is 11.7 Å². The number of hydrogen-bond donors (Lipinski definition) is 2. The number of aliphatic hydroxyl groups is 2. The second-order valence-electron chi connectivity index (χ2n) is 3.84. The molecule has 0 rings (SSSR count). The van der Waals surface area contributed by atoms with Crippen LogP contribution < -0.4 is 0 Å². The van der Waals surface area contributed by atoms with Crippen molar-refractivity contribution in [1.82, 2.24) is 0 Å². The van der Waals surface area contributed by atoms with E-state index in [0.29, 0.717) is 6.42 Å². The lowest BCUT2D eigenvalue weighted by Crippen LogP contribution is -2.35. The quantitative estimate of drug-likeness (QED) is 0.635. The maximum Gasteiger partial charge on any atom is 0.0849 e. The standard InChI is InChI=1S/C10H20O2/c1-5-8(2)6-7-9(11)10(3,4)12/h5,9,11-12H,6-7H2,1-4H3/t9-/m1/s1. The van der Waals surface area contributed by atoms with Gasteiger partial charge in [0.2, 0.25) is 0 Å². The van der Waals surface area contributed by atoms with Crippen LogP contribution in [0.25, 0.3) is 0 Å². The van der Waals surface area contributed by atoms with Crippen LogP contribution in [-0.4, -0.2) is 21.9 Å². The summed E-state index contributed by atoms with van der Waals surface area (Å²) in [5.74, 6) is 0. The van der Waals surface area contributed by atoms with Crippen LogP contribution in [0.4, 0.5) is 0 Å². The summed E-state index contributed by atoms with van der Waals surface area (Å²) in [5, 5.41) is 18.9. The highest BCUT2D eigenvalue weighted by Crippen LogP contribution is 2.16. The fourth-order valence-corrected chi connectivity index (χ4v) is 0.862. The zero-order chi connectivity index (χ0) is 9.78. The van der Waals surface area contributed by atoms with Crippen molar-refractivity contribution in [3.63, 3.8) is 0 Å². The van der Waals surface area contributed by atoms with Crippen molar-refractivity contribution in [3.8, 4) is 0 Å². The topological polar surface area (TPSA) is 40.5 Å². The van der Waals surface area contributed by atoms with Crippen molar-refractivity contribution < 1.29 is 10.2 Å². The molecule has 0 radical (unpaired) electrons. The molecule has 1 atom stereocenters. The van der Waals surface area contributed by atoms with Crippen LogP contribution in [0.3, 0.4) is 0 Å². The van der Waals surface area contributed by atoms with E-state index in [1.165, 1.54) is 5.57 Å². The molecular weight excluding hydrogens is 152 g/mol. The number of rotatable bonds is 4. The van der Waals surface area contributed by atoms with Gasteiger partial charge in [-0.25, -0.2) is 0 Å². The summed E-state index contributed by atoms with van der Waals surface area (Å²) in [7, 11) is 0. The maximum absolute atomic E-state index is 9.45.